The summed E-state index contributed by atoms with van der Waals surface area (Å²) in [5.74, 6) is 1.15. The maximum atomic E-state index is 9.08. The summed E-state index contributed by atoms with van der Waals surface area (Å²) in [4.78, 5) is 4.03. The molecule has 0 amide bonds. The summed E-state index contributed by atoms with van der Waals surface area (Å²) in [6.07, 6.45) is 0. The van der Waals surface area contributed by atoms with Gasteiger partial charge in [-0.25, -0.2) is 0 Å². The van der Waals surface area contributed by atoms with Gasteiger partial charge in [-0.2, -0.15) is 10.2 Å². The molecule has 3 aromatic rings. The number of hydrogen-bond acceptors (Lipinski definition) is 5. The van der Waals surface area contributed by atoms with Gasteiger partial charge < -0.3 is 14.9 Å². The Bertz CT molecular complexity index is 787. The molecule has 0 atom stereocenters. The highest BCUT2D eigenvalue weighted by Gasteiger charge is 2.16. The third-order valence-electron chi connectivity index (χ3n) is 2.60. The van der Waals surface area contributed by atoms with E-state index in [0.29, 0.717) is 23.0 Å². The SMILES string of the molecule is N#Cc1oc2ccccc2c1Oc1cccc(N)n1. The molecule has 2 N–H and O–H groups in total. The van der Waals surface area contributed by atoms with Crippen molar-refractivity contribution < 1.29 is 9.15 Å². The highest BCUT2D eigenvalue weighted by atomic mass is 16.5. The molecule has 2 heterocycles. The van der Waals surface area contributed by atoms with Crippen LogP contribution in [-0.4, -0.2) is 4.98 Å². The molecule has 2 aromatic heterocycles. The summed E-state index contributed by atoms with van der Waals surface area (Å²) < 4.78 is 11.0. The van der Waals surface area contributed by atoms with Gasteiger partial charge in [-0.3, -0.25) is 0 Å². The molecule has 1 aromatic carbocycles. The summed E-state index contributed by atoms with van der Waals surface area (Å²) in [5, 5.41) is 9.81. The highest BCUT2D eigenvalue weighted by molar-refractivity contribution is 5.86. The molecule has 5 nitrogen and oxygen atoms in total. The van der Waals surface area contributed by atoms with Crippen molar-refractivity contribution in [1.29, 1.82) is 5.26 Å². The average molecular weight is 251 g/mol. The Hall–Kier alpha value is -3.00. The Morgan fingerprint density at radius 3 is 2.79 bits per heavy atom. The first-order valence-corrected chi connectivity index (χ1v) is 5.60. The molecule has 0 saturated carbocycles. The molecule has 3 rings (SSSR count). The molecule has 0 radical (unpaired) electrons. The van der Waals surface area contributed by atoms with Crippen molar-refractivity contribution in [3.63, 3.8) is 0 Å². The molecule has 0 unspecified atom stereocenters. The van der Waals surface area contributed by atoms with Gasteiger partial charge in [0.25, 0.3) is 0 Å². The standard InChI is InChI=1S/C14H9N3O2/c15-8-11-14(9-4-1-2-5-10(9)18-11)19-13-7-3-6-12(16)17-13/h1-7H,(H2,16,17). The van der Waals surface area contributed by atoms with E-state index in [0.717, 1.165) is 5.39 Å². The Balaban J connectivity index is 2.12. The van der Waals surface area contributed by atoms with Crippen LogP contribution in [0.2, 0.25) is 0 Å². The number of para-hydroxylation sites is 1. The number of anilines is 1. The molecule has 0 spiro atoms. The summed E-state index contributed by atoms with van der Waals surface area (Å²) in [7, 11) is 0. The van der Waals surface area contributed by atoms with Crippen LogP contribution in [0.4, 0.5) is 5.82 Å². The van der Waals surface area contributed by atoms with Crippen LogP contribution in [0, 0.1) is 11.3 Å². The van der Waals surface area contributed by atoms with Gasteiger partial charge in [0, 0.05) is 6.07 Å². The second-order valence-electron chi connectivity index (χ2n) is 3.87. The maximum absolute atomic E-state index is 9.08. The minimum absolute atomic E-state index is 0.116. The summed E-state index contributed by atoms with van der Waals surface area (Å²) in [6.45, 7) is 0. The fourth-order valence-electron chi connectivity index (χ4n) is 1.79. The van der Waals surface area contributed by atoms with E-state index in [1.54, 1.807) is 24.3 Å². The van der Waals surface area contributed by atoms with Gasteiger partial charge in [-0.15, -0.1) is 0 Å². The zero-order valence-electron chi connectivity index (χ0n) is 9.83. The Morgan fingerprint density at radius 1 is 1.16 bits per heavy atom. The van der Waals surface area contributed by atoms with E-state index in [1.807, 2.05) is 24.3 Å². The number of fused-ring (bicyclic) bond motifs is 1. The van der Waals surface area contributed by atoms with Crippen LogP contribution >= 0.6 is 0 Å². The van der Waals surface area contributed by atoms with Crippen LogP contribution < -0.4 is 10.5 Å². The van der Waals surface area contributed by atoms with Crippen LogP contribution in [0.25, 0.3) is 11.0 Å². The predicted molar refractivity (Wildman–Crippen MR) is 69.7 cm³/mol. The number of rotatable bonds is 2. The Kier molecular flexibility index (Phi) is 2.54. The van der Waals surface area contributed by atoms with E-state index in [-0.39, 0.29) is 5.76 Å². The van der Waals surface area contributed by atoms with E-state index in [1.165, 1.54) is 0 Å². The normalized spacial score (nSPS) is 10.3. The summed E-state index contributed by atoms with van der Waals surface area (Å²) >= 11 is 0. The number of nitrogen functional groups attached to an aromatic ring is 1. The number of benzene rings is 1. The molecule has 0 aliphatic carbocycles. The van der Waals surface area contributed by atoms with Crippen LogP contribution in [0.3, 0.4) is 0 Å². The minimum atomic E-state index is 0.116. The van der Waals surface area contributed by atoms with Gasteiger partial charge in [0.15, 0.2) is 5.75 Å². The van der Waals surface area contributed by atoms with Crippen molar-refractivity contribution in [2.24, 2.45) is 0 Å². The number of pyridine rings is 1. The quantitative estimate of drug-likeness (QED) is 0.756. The lowest BCUT2D eigenvalue weighted by Gasteiger charge is -2.03. The third-order valence-corrected chi connectivity index (χ3v) is 2.60. The van der Waals surface area contributed by atoms with E-state index in [2.05, 4.69) is 4.98 Å². The summed E-state index contributed by atoms with van der Waals surface area (Å²) in [6, 6.07) is 14.3. The zero-order valence-corrected chi connectivity index (χ0v) is 9.83. The maximum Gasteiger partial charge on any atom is 0.247 e. The molecule has 0 aliphatic heterocycles. The van der Waals surface area contributed by atoms with E-state index in [4.69, 9.17) is 20.1 Å². The van der Waals surface area contributed by atoms with E-state index >= 15 is 0 Å². The van der Waals surface area contributed by atoms with E-state index < -0.39 is 0 Å². The summed E-state index contributed by atoms with van der Waals surface area (Å²) in [5.41, 5.74) is 6.19. The number of nitrogens with zero attached hydrogens (tertiary/aromatic N) is 2. The van der Waals surface area contributed by atoms with Crippen molar-refractivity contribution in [2.45, 2.75) is 0 Å². The topological polar surface area (TPSA) is 85.1 Å². The second kappa shape index (κ2) is 4.35. The molecule has 19 heavy (non-hydrogen) atoms. The number of ether oxygens (including phenoxy) is 1. The number of hydrogen-bond donors (Lipinski definition) is 1. The van der Waals surface area contributed by atoms with Crippen LogP contribution in [0.1, 0.15) is 5.76 Å². The van der Waals surface area contributed by atoms with Gasteiger partial charge in [-0.05, 0) is 18.2 Å². The Morgan fingerprint density at radius 2 is 2.00 bits per heavy atom. The fraction of sp³-hybridized carbons (Fsp3) is 0. The molecule has 92 valence electrons. The smallest absolute Gasteiger partial charge is 0.247 e. The number of nitrogens with two attached hydrogens (primary N) is 1. The minimum Gasteiger partial charge on any atom is -0.442 e. The lowest BCUT2D eigenvalue weighted by Crippen LogP contribution is -1.93. The molecule has 0 aliphatic rings. The van der Waals surface area contributed by atoms with E-state index in [9.17, 15) is 0 Å². The van der Waals surface area contributed by atoms with Crippen molar-refractivity contribution in [3.8, 4) is 17.7 Å². The van der Waals surface area contributed by atoms with Crippen molar-refractivity contribution in [3.05, 3.63) is 48.2 Å². The predicted octanol–water partition coefficient (Wildman–Crippen LogP) is 3.07. The third kappa shape index (κ3) is 1.96. The molecule has 5 heteroatoms. The van der Waals surface area contributed by atoms with Crippen LogP contribution in [0.15, 0.2) is 46.9 Å². The Labute approximate surface area is 108 Å². The zero-order chi connectivity index (χ0) is 13.2. The van der Waals surface area contributed by atoms with Gasteiger partial charge >= 0.3 is 0 Å². The van der Waals surface area contributed by atoms with Gasteiger partial charge in [0.05, 0.1) is 5.39 Å². The molecule has 0 bridgehead atoms. The monoisotopic (exact) mass is 251 g/mol. The first-order chi connectivity index (χ1) is 9.28. The highest BCUT2D eigenvalue weighted by Crippen LogP contribution is 2.35. The van der Waals surface area contributed by atoms with Crippen molar-refractivity contribution in [1.82, 2.24) is 4.98 Å². The largest absolute Gasteiger partial charge is 0.442 e. The molecule has 0 saturated heterocycles. The van der Waals surface area contributed by atoms with Gasteiger partial charge in [0.1, 0.15) is 17.5 Å². The van der Waals surface area contributed by atoms with Gasteiger partial charge in [0.2, 0.25) is 11.6 Å². The second-order valence-corrected chi connectivity index (χ2v) is 3.87. The first-order valence-electron chi connectivity index (χ1n) is 5.60. The lowest BCUT2D eigenvalue weighted by atomic mass is 10.2. The number of furan rings is 1. The molecular formula is C14H9N3O2. The average Bonchev–Trinajstić information content (AvgIpc) is 2.77. The van der Waals surface area contributed by atoms with Gasteiger partial charge in [-0.1, -0.05) is 18.2 Å². The number of nitriles is 1. The van der Waals surface area contributed by atoms with Crippen LogP contribution in [0.5, 0.6) is 11.6 Å². The molecular weight excluding hydrogens is 242 g/mol. The lowest BCUT2D eigenvalue weighted by molar-refractivity contribution is 0.451. The first kappa shape index (κ1) is 11.1. The number of aromatic nitrogens is 1. The van der Waals surface area contributed by atoms with Crippen molar-refractivity contribution >= 4 is 16.8 Å². The van der Waals surface area contributed by atoms with Crippen molar-refractivity contribution in [2.75, 3.05) is 5.73 Å². The molecule has 0 fully saturated rings. The van der Waals surface area contributed by atoms with Crippen LogP contribution in [-0.2, 0) is 0 Å². The fourth-order valence-corrected chi connectivity index (χ4v) is 1.79.